The Kier molecular flexibility index (Phi) is 6.03. The minimum absolute atomic E-state index is 0.104. The van der Waals surface area contributed by atoms with Crippen molar-refractivity contribution in [2.24, 2.45) is 0 Å². The Hall–Kier alpha value is -2.82. The highest BCUT2D eigenvalue weighted by atomic mass is 16.5. The lowest BCUT2D eigenvalue weighted by molar-refractivity contribution is 0.0600. The van der Waals surface area contributed by atoms with Gasteiger partial charge in [0.1, 0.15) is 0 Å². The van der Waals surface area contributed by atoms with E-state index in [9.17, 15) is 9.59 Å². The van der Waals surface area contributed by atoms with E-state index >= 15 is 0 Å². The summed E-state index contributed by atoms with van der Waals surface area (Å²) in [5.41, 5.74) is 5.37. The standard InChI is InChI=1S/C21H24O5/c1-12-9-17(15(4)14(3)13(12)2)18(22)11-26-19-8-7-16(21(23)25-6)10-20(19)24-5/h7-10H,11H2,1-6H3. The van der Waals surface area contributed by atoms with E-state index in [-0.39, 0.29) is 12.4 Å². The Morgan fingerprint density at radius 1 is 0.885 bits per heavy atom. The van der Waals surface area contributed by atoms with Gasteiger partial charge < -0.3 is 14.2 Å². The molecule has 0 amide bonds. The van der Waals surface area contributed by atoms with Crippen molar-refractivity contribution in [3.63, 3.8) is 0 Å². The van der Waals surface area contributed by atoms with Crippen molar-refractivity contribution in [1.29, 1.82) is 0 Å². The lowest BCUT2D eigenvalue weighted by Gasteiger charge is -2.15. The fraction of sp³-hybridized carbons (Fsp3) is 0.333. The van der Waals surface area contributed by atoms with Crippen molar-refractivity contribution in [1.82, 2.24) is 0 Å². The first kappa shape index (κ1) is 19.5. The number of esters is 1. The van der Waals surface area contributed by atoms with Crippen molar-refractivity contribution >= 4 is 11.8 Å². The molecule has 0 unspecified atom stereocenters. The molecule has 0 aliphatic carbocycles. The van der Waals surface area contributed by atoms with E-state index in [1.165, 1.54) is 25.8 Å². The van der Waals surface area contributed by atoms with E-state index in [0.29, 0.717) is 22.6 Å². The molecule has 0 aromatic heterocycles. The lowest BCUT2D eigenvalue weighted by atomic mass is 9.93. The molecule has 0 radical (unpaired) electrons. The van der Waals surface area contributed by atoms with Crippen LogP contribution in [0, 0.1) is 27.7 Å². The number of hydrogen-bond donors (Lipinski definition) is 0. The second kappa shape index (κ2) is 8.04. The van der Waals surface area contributed by atoms with Crippen LogP contribution in [-0.4, -0.2) is 32.6 Å². The van der Waals surface area contributed by atoms with Crippen LogP contribution in [0.1, 0.15) is 43.0 Å². The molecule has 0 aliphatic rings. The van der Waals surface area contributed by atoms with Gasteiger partial charge in [0.25, 0.3) is 0 Å². The normalized spacial score (nSPS) is 10.4. The zero-order chi connectivity index (χ0) is 19.4. The summed E-state index contributed by atoms with van der Waals surface area (Å²) in [4.78, 5) is 24.2. The monoisotopic (exact) mass is 356 g/mol. The van der Waals surface area contributed by atoms with Crippen LogP contribution in [0.3, 0.4) is 0 Å². The first-order valence-electron chi connectivity index (χ1n) is 8.29. The molecule has 0 atom stereocenters. The van der Waals surface area contributed by atoms with E-state index in [0.717, 1.165) is 16.7 Å². The van der Waals surface area contributed by atoms with Crippen LogP contribution in [0.4, 0.5) is 0 Å². The van der Waals surface area contributed by atoms with Crippen molar-refractivity contribution < 1.29 is 23.8 Å². The van der Waals surface area contributed by atoms with Crippen LogP contribution in [0.25, 0.3) is 0 Å². The summed E-state index contributed by atoms with van der Waals surface area (Å²) < 4.78 is 15.6. The van der Waals surface area contributed by atoms with Gasteiger partial charge in [-0.25, -0.2) is 4.79 Å². The zero-order valence-electron chi connectivity index (χ0n) is 16.1. The highest BCUT2D eigenvalue weighted by Gasteiger charge is 2.16. The molecule has 0 fully saturated rings. The predicted octanol–water partition coefficient (Wildman–Crippen LogP) is 3.98. The van der Waals surface area contributed by atoms with Gasteiger partial charge >= 0.3 is 5.97 Å². The molecule has 0 saturated carbocycles. The number of aryl methyl sites for hydroxylation is 1. The average Bonchev–Trinajstić information content (AvgIpc) is 2.66. The number of rotatable bonds is 6. The second-order valence-corrected chi connectivity index (χ2v) is 6.19. The van der Waals surface area contributed by atoms with Crippen molar-refractivity contribution in [2.75, 3.05) is 20.8 Å². The number of ketones is 1. The molecule has 5 heteroatoms. The van der Waals surface area contributed by atoms with Gasteiger partial charge in [-0.1, -0.05) is 0 Å². The summed E-state index contributed by atoms with van der Waals surface area (Å²) in [5.74, 6) is 0.195. The third kappa shape index (κ3) is 3.87. The minimum Gasteiger partial charge on any atom is -0.493 e. The summed E-state index contributed by atoms with van der Waals surface area (Å²) in [7, 11) is 2.79. The van der Waals surface area contributed by atoms with Gasteiger partial charge in [-0.05, 0) is 74.2 Å². The molecular formula is C21H24O5. The van der Waals surface area contributed by atoms with Gasteiger partial charge in [0.05, 0.1) is 19.8 Å². The number of ether oxygens (including phenoxy) is 3. The third-order valence-corrected chi connectivity index (χ3v) is 4.73. The van der Waals surface area contributed by atoms with E-state index < -0.39 is 5.97 Å². The van der Waals surface area contributed by atoms with Crippen molar-refractivity contribution in [3.8, 4) is 11.5 Å². The molecule has 0 N–H and O–H groups in total. The van der Waals surface area contributed by atoms with Gasteiger partial charge in [0.2, 0.25) is 0 Å². The Labute approximate surface area is 153 Å². The summed E-state index contributed by atoms with van der Waals surface area (Å²) in [6, 6.07) is 6.59. The molecule has 138 valence electrons. The summed E-state index contributed by atoms with van der Waals surface area (Å²) in [5, 5.41) is 0. The first-order chi connectivity index (χ1) is 12.3. The van der Waals surface area contributed by atoms with Crippen molar-refractivity contribution in [2.45, 2.75) is 27.7 Å². The number of carbonyl (C=O) groups excluding carboxylic acids is 2. The van der Waals surface area contributed by atoms with Gasteiger partial charge in [-0.3, -0.25) is 4.79 Å². The maximum Gasteiger partial charge on any atom is 0.337 e. The fourth-order valence-electron chi connectivity index (χ4n) is 2.75. The molecule has 0 spiro atoms. The lowest BCUT2D eigenvalue weighted by Crippen LogP contribution is -2.15. The second-order valence-electron chi connectivity index (χ2n) is 6.19. The third-order valence-electron chi connectivity index (χ3n) is 4.73. The van der Waals surface area contributed by atoms with E-state index in [4.69, 9.17) is 9.47 Å². The van der Waals surface area contributed by atoms with Gasteiger partial charge in [-0.15, -0.1) is 0 Å². The summed E-state index contributed by atoms with van der Waals surface area (Å²) >= 11 is 0. The predicted molar refractivity (Wildman–Crippen MR) is 99.5 cm³/mol. The number of hydrogen-bond acceptors (Lipinski definition) is 5. The molecule has 2 aromatic carbocycles. The average molecular weight is 356 g/mol. The molecule has 0 aliphatic heterocycles. The molecular weight excluding hydrogens is 332 g/mol. The topological polar surface area (TPSA) is 61.8 Å². The number of Topliss-reactive ketones (excluding diaryl/α,β-unsaturated/α-hetero) is 1. The van der Waals surface area contributed by atoms with Gasteiger partial charge in [-0.2, -0.15) is 0 Å². The molecule has 0 saturated heterocycles. The molecule has 0 bridgehead atoms. The maximum absolute atomic E-state index is 12.6. The molecule has 2 aromatic rings. The van der Waals surface area contributed by atoms with E-state index in [1.807, 2.05) is 26.8 Å². The largest absolute Gasteiger partial charge is 0.493 e. The fourth-order valence-corrected chi connectivity index (χ4v) is 2.75. The number of carbonyl (C=O) groups is 2. The van der Waals surface area contributed by atoms with E-state index in [2.05, 4.69) is 11.7 Å². The van der Waals surface area contributed by atoms with Crippen LogP contribution in [0.15, 0.2) is 24.3 Å². The maximum atomic E-state index is 12.6. The smallest absolute Gasteiger partial charge is 0.337 e. The van der Waals surface area contributed by atoms with Crippen LogP contribution in [-0.2, 0) is 4.74 Å². The number of methoxy groups -OCH3 is 2. The molecule has 2 rings (SSSR count). The Morgan fingerprint density at radius 3 is 2.19 bits per heavy atom. The van der Waals surface area contributed by atoms with Crippen molar-refractivity contribution in [3.05, 3.63) is 57.6 Å². The van der Waals surface area contributed by atoms with Gasteiger partial charge in [0, 0.05) is 5.56 Å². The Bertz CT molecular complexity index is 852. The molecule has 0 heterocycles. The van der Waals surface area contributed by atoms with Crippen LogP contribution < -0.4 is 9.47 Å². The zero-order valence-corrected chi connectivity index (χ0v) is 16.1. The number of benzene rings is 2. The highest BCUT2D eigenvalue weighted by molar-refractivity contribution is 5.99. The quantitative estimate of drug-likeness (QED) is 0.579. The van der Waals surface area contributed by atoms with Crippen LogP contribution in [0.5, 0.6) is 11.5 Å². The summed E-state index contributed by atoms with van der Waals surface area (Å²) in [6.45, 7) is 7.89. The SMILES string of the molecule is COC(=O)c1ccc(OCC(=O)c2cc(C)c(C)c(C)c2C)c(OC)c1. The van der Waals surface area contributed by atoms with Gasteiger partial charge in [0.15, 0.2) is 23.9 Å². The van der Waals surface area contributed by atoms with Crippen LogP contribution >= 0.6 is 0 Å². The van der Waals surface area contributed by atoms with E-state index in [1.54, 1.807) is 12.1 Å². The molecule has 5 nitrogen and oxygen atoms in total. The summed E-state index contributed by atoms with van der Waals surface area (Å²) in [6.07, 6.45) is 0. The minimum atomic E-state index is -0.466. The Balaban J connectivity index is 2.21. The Morgan fingerprint density at radius 2 is 1.58 bits per heavy atom. The highest BCUT2D eigenvalue weighted by Crippen LogP contribution is 2.29. The first-order valence-corrected chi connectivity index (χ1v) is 8.29. The van der Waals surface area contributed by atoms with Crippen LogP contribution in [0.2, 0.25) is 0 Å². The molecule has 26 heavy (non-hydrogen) atoms.